The fraction of sp³-hybridized carbons (Fsp3) is 0.391. The zero-order valence-corrected chi connectivity index (χ0v) is 17.7. The minimum Gasteiger partial charge on any atom is -0.384 e. The van der Waals surface area contributed by atoms with Crippen LogP contribution in [0, 0.1) is 5.92 Å². The van der Waals surface area contributed by atoms with Crippen molar-refractivity contribution in [3.63, 3.8) is 0 Å². The molecule has 1 fully saturated rings. The average molecular weight is 413 g/mol. The summed E-state index contributed by atoms with van der Waals surface area (Å²) in [5.74, 6) is -0.121. The Bertz CT molecular complexity index is 817. The summed E-state index contributed by atoms with van der Waals surface area (Å²) in [5.41, 5.74) is 2.29. The van der Waals surface area contributed by atoms with Gasteiger partial charge in [0.1, 0.15) is 0 Å². The van der Waals surface area contributed by atoms with Crippen LogP contribution in [0.3, 0.4) is 0 Å². The molecule has 29 heavy (non-hydrogen) atoms. The minimum absolute atomic E-state index is 0.0400. The van der Waals surface area contributed by atoms with Crippen molar-refractivity contribution in [1.29, 1.82) is 0 Å². The van der Waals surface area contributed by atoms with Gasteiger partial charge in [-0.05, 0) is 29.0 Å². The van der Waals surface area contributed by atoms with E-state index in [2.05, 4.69) is 42.3 Å². The monoisotopic (exact) mass is 412 g/mol. The number of ether oxygens (including phenoxy) is 1. The molecule has 0 saturated carbocycles. The van der Waals surface area contributed by atoms with E-state index >= 15 is 0 Å². The summed E-state index contributed by atoms with van der Waals surface area (Å²) in [6, 6.07) is 12.5. The molecule has 3 rings (SSSR count). The van der Waals surface area contributed by atoms with Crippen molar-refractivity contribution in [2.45, 2.75) is 12.8 Å². The molecule has 1 unspecified atom stereocenters. The van der Waals surface area contributed by atoms with Gasteiger partial charge in [0.25, 0.3) is 0 Å². The summed E-state index contributed by atoms with van der Waals surface area (Å²) < 4.78 is 5.04. The average Bonchev–Trinajstić information content (AvgIpc) is 3.23. The predicted molar refractivity (Wildman–Crippen MR) is 117 cm³/mol. The molecule has 1 aliphatic heterocycles. The van der Waals surface area contributed by atoms with E-state index in [1.165, 1.54) is 10.4 Å². The molecule has 1 saturated heterocycles. The molecule has 0 bridgehead atoms. The summed E-state index contributed by atoms with van der Waals surface area (Å²) in [6.07, 6.45) is 2.70. The summed E-state index contributed by atoms with van der Waals surface area (Å²) in [4.78, 5) is 30.5. The van der Waals surface area contributed by atoms with Crippen LogP contribution in [-0.4, -0.2) is 61.5 Å². The summed E-state index contributed by atoms with van der Waals surface area (Å²) in [6.45, 7) is 6.21. The lowest BCUT2D eigenvalue weighted by Gasteiger charge is -2.23. The third kappa shape index (κ3) is 5.55. The molecule has 5 nitrogen and oxygen atoms in total. The first kappa shape index (κ1) is 21.3. The molecule has 0 N–H and O–H groups in total. The molecule has 0 radical (unpaired) electrons. The van der Waals surface area contributed by atoms with Crippen molar-refractivity contribution in [1.82, 2.24) is 9.80 Å². The van der Waals surface area contributed by atoms with Crippen molar-refractivity contribution in [3.8, 4) is 10.4 Å². The second kappa shape index (κ2) is 10.4. The third-order valence-electron chi connectivity index (χ3n) is 5.21. The highest BCUT2D eigenvalue weighted by Crippen LogP contribution is 2.26. The van der Waals surface area contributed by atoms with Crippen LogP contribution in [0.1, 0.15) is 12.0 Å². The minimum atomic E-state index is -0.253. The van der Waals surface area contributed by atoms with E-state index in [0.717, 1.165) is 5.56 Å². The first-order chi connectivity index (χ1) is 14.1. The zero-order valence-electron chi connectivity index (χ0n) is 16.9. The van der Waals surface area contributed by atoms with E-state index < -0.39 is 0 Å². The van der Waals surface area contributed by atoms with E-state index in [4.69, 9.17) is 4.74 Å². The smallest absolute Gasteiger partial charge is 0.228 e. The molecule has 0 aliphatic carbocycles. The maximum atomic E-state index is 13.1. The lowest BCUT2D eigenvalue weighted by Crippen LogP contribution is -2.38. The van der Waals surface area contributed by atoms with Crippen molar-refractivity contribution in [3.05, 3.63) is 60.0 Å². The molecule has 154 valence electrons. The van der Waals surface area contributed by atoms with Crippen LogP contribution in [0.4, 0.5) is 0 Å². The van der Waals surface area contributed by atoms with Gasteiger partial charge >= 0.3 is 0 Å². The molecule has 1 aromatic heterocycles. The first-order valence-corrected chi connectivity index (χ1v) is 10.8. The molecule has 2 amide bonds. The number of hydrogen-bond donors (Lipinski definition) is 0. The van der Waals surface area contributed by atoms with Gasteiger partial charge in [0.05, 0.1) is 18.9 Å². The Morgan fingerprint density at radius 3 is 2.72 bits per heavy atom. The number of benzene rings is 1. The molecule has 1 aliphatic rings. The van der Waals surface area contributed by atoms with Gasteiger partial charge in [-0.25, -0.2) is 0 Å². The SMILES string of the molecule is C=CCN1CCN(C(=O)CCOC)CC(Cc2ccc(-c3cccs3)cc2)C1=O. The Balaban J connectivity index is 1.74. The van der Waals surface area contributed by atoms with E-state index in [1.807, 2.05) is 11.0 Å². The fourth-order valence-electron chi connectivity index (χ4n) is 3.64. The van der Waals surface area contributed by atoms with Gasteiger partial charge in [-0.1, -0.05) is 36.4 Å². The summed E-state index contributed by atoms with van der Waals surface area (Å²) in [7, 11) is 1.59. The lowest BCUT2D eigenvalue weighted by molar-refractivity contribution is -0.134. The summed E-state index contributed by atoms with van der Waals surface area (Å²) in [5, 5.41) is 2.07. The van der Waals surface area contributed by atoms with Crippen LogP contribution < -0.4 is 0 Å². The standard InChI is InChI=1S/C23H28N2O3S/c1-3-11-24-12-13-25(22(26)10-14-28-2)17-20(23(24)27)16-18-6-8-19(9-7-18)21-5-4-15-29-21/h3-9,15,20H,1,10-14,16-17H2,2H3. The fourth-order valence-corrected chi connectivity index (χ4v) is 4.37. The number of nitrogens with zero attached hydrogens (tertiary/aromatic N) is 2. The molecule has 6 heteroatoms. The normalized spacial score (nSPS) is 17.3. The lowest BCUT2D eigenvalue weighted by atomic mass is 9.96. The highest BCUT2D eigenvalue weighted by atomic mass is 32.1. The summed E-state index contributed by atoms with van der Waals surface area (Å²) >= 11 is 1.71. The molecule has 2 aromatic rings. The van der Waals surface area contributed by atoms with Gasteiger partial charge in [0.15, 0.2) is 0 Å². The Kier molecular flexibility index (Phi) is 7.61. The topological polar surface area (TPSA) is 49.9 Å². The van der Waals surface area contributed by atoms with Crippen LogP contribution in [0.5, 0.6) is 0 Å². The highest BCUT2D eigenvalue weighted by molar-refractivity contribution is 7.13. The Morgan fingerprint density at radius 2 is 2.07 bits per heavy atom. The van der Waals surface area contributed by atoms with Crippen LogP contribution in [0.25, 0.3) is 10.4 Å². The number of rotatable bonds is 8. The second-order valence-electron chi connectivity index (χ2n) is 7.23. The van der Waals surface area contributed by atoms with Gasteiger partial charge < -0.3 is 14.5 Å². The number of carbonyl (C=O) groups excluding carboxylic acids is 2. The van der Waals surface area contributed by atoms with Crippen LogP contribution in [0.2, 0.25) is 0 Å². The quantitative estimate of drug-likeness (QED) is 0.624. The van der Waals surface area contributed by atoms with E-state index in [-0.39, 0.29) is 17.7 Å². The van der Waals surface area contributed by atoms with Crippen molar-refractivity contribution < 1.29 is 14.3 Å². The van der Waals surface area contributed by atoms with Crippen LogP contribution >= 0.6 is 11.3 Å². The largest absolute Gasteiger partial charge is 0.384 e. The van der Waals surface area contributed by atoms with Gasteiger partial charge in [-0.2, -0.15) is 0 Å². The van der Waals surface area contributed by atoms with Crippen LogP contribution in [-0.2, 0) is 20.7 Å². The molecule has 1 atom stereocenters. The van der Waals surface area contributed by atoms with Crippen molar-refractivity contribution in [2.75, 3.05) is 39.9 Å². The number of carbonyl (C=O) groups is 2. The molecule has 0 spiro atoms. The molecule has 2 heterocycles. The zero-order chi connectivity index (χ0) is 20.6. The van der Waals surface area contributed by atoms with Gasteiger partial charge in [-0.3, -0.25) is 9.59 Å². The van der Waals surface area contributed by atoms with E-state index in [0.29, 0.717) is 45.6 Å². The molecular formula is C23H28N2O3S. The van der Waals surface area contributed by atoms with E-state index in [9.17, 15) is 9.59 Å². The maximum Gasteiger partial charge on any atom is 0.228 e. The Labute approximate surface area is 176 Å². The first-order valence-electron chi connectivity index (χ1n) is 9.91. The molecule has 1 aromatic carbocycles. The number of methoxy groups -OCH3 is 1. The van der Waals surface area contributed by atoms with Gasteiger partial charge in [0, 0.05) is 38.2 Å². The van der Waals surface area contributed by atoms with E-state index in [1.54, 1.807) is 29.4 Å². The number of thiophene rings is 1. The highest BCUT2D eigenvalue weighted by Gasteiger charge is 2.31. The third-order valence-corrected chi connectivity index (χ3v) is 6.12. The van der Waals surface area contributed by atoms with Crippen molar-refractivity contribution in [2.24, 2.45) is 5.92 Å². The predicted octanol–water partition coefficient (Wildman–Crippen LogP) is 3.47. The maximum absolute atomic E-state index is 13.1. The Morgan fingerprint density at radius 1 is 1.28 bits per heavy atom. The number of amides is 2. The van der Waals surface area contributed by atoms with Crippen molar-refractivity contribution >= 4 is 23.2 Å². The molecular weight excluding hydrogens is 384 g/mol. The van der Waals surface area contributed by atoms with Gasteiger partial charge in [-0.15, -0.1) is 17.9 Å². The number of hydrogen-bond acceptors (Lipinski definition) is 4. The van der Waals surface area contributed by atoms with Crippen LogP contribution in [0.15, 0.2) is 54.4 Å². The second-order valence-corrected chi connectivity index (χ2v) is 8.18. The van der Waals surface area contributed by atoms with Gasteiger partial charge in [0.2, 0.25) is 11.8 Å². The Hall–Kier alpha value is -2.44.